The van der Waals surface area contributed by atoms with Crippen LogP contribution in [0.15, 0.2) is 54.6 Å². The zero-order chi connectivity index (χ0) is 26.0. The van der Waals surface area contributed by atoms with Gasteiger partial charge in [0, 0.05) is 41.3 Å². The quantitative estimate of drug-likeness (QED) is 0.346. The van der Waals surface area contributed by atoms with E-state index in [9.17, 15) is 9.90 Å². The smallest absolute Gasteiger partial charge is 0.319 e. The Hall–Kier alpha value is -3.31. The largest absolute Gasteiger partial charge is 0.492 e. The van der Waals surface area contributed by atoms with E-state index in [2.05, 4.69) is 67.8 Å². The third-order valence-corrected chi connectivity index (χ3v) is 7.21. The average Bonchev–Trinajstić information content (AvgIpc) is 3.31. The Labute approximate surface area is 214 Å². The van der Waals surface area contributed by atoms with E-state index >= 15 is 0 Å². The van der Waals surface area contributed by atoms with Crippen LogP contribution in [0.2, 0.25) is 0 Å². The van der Waals surface area contributed by atoms with Crippen molar-refractivity contribution in [3.05, 3.63) is 82.4 Å². The van der Waals surface area contributed by atoms with E-state index in [4.69, 9.17) is 4.74 Å². The molecule has 1 heterocycles. The normalized spacial score (nSPS) is 14.9. The van der Waals surface area contributed by atoms with Crippen molar-refractivity contribution in [2.45, 2.75) is 53.4 Å². The highest BCUT2D eigenvalue weighted by Crippen LogP contribution is 2.50. The van der Waals surface area contributed by atoms with Crippen LogP contribution in [0.1, 0.15) is 67.3 Å². The monoisotopic (exact) mass is 486 g/mol. The molecule has 5 heteroatoms. The van der Waals surface area contributed by atoms with Gasteiger partial charge in [-0.15, -0.1) is 0 Å². The lowest BCUT2D eigenvalue weighted by Gasteiger charge is -2.24. The minimum atomic E-state index is -0.393. The minimum Gasteiger partial charge on any atom is -0.492 e. The van der Waals surface area contributed by atoms with E-state index in [1.165, 1.54) is 11.1 Å². The molecular weight excluding hydrogens is 448 g/mol. The molecule has 3 N–H and O–H groups in total. The highest BCUT2D eigenvalue weighted by Gasteiger charge is 2.34. The number of hydrogen-bond acceptors (Lipinski definition) is 3. The number of nitrogens with one attached hydrogen (secondary N) is 2. The fourth-order valence-corrected chi connectivity index (χ4v) is 4.88. The zero-order valence-corrected chi connectivity index (χ0v) is 22.2. The Kier molecular flexibility index (Phi) is 7.41. The predicted octanol–water partition coefficient (Wildman–Crippen LogP) is 6.76. The lowest BCUT2D eigenvalue weighted by atomic mass is 9.84. The maximum atomic E-state index is 12.9. The lowest BCUT2D eigenvalue weighted by Crippen LogP contribution is -2.38. The second-order valence-corrected chi connectivity index (χ2v) is 10.9. The number of urea groups is 1. The third-order valence-electron chi connectivity index (χ3n) is 7.21. The molecule has 0 radical (unpaired) electrons. The van der Waals surface area contributed by atoms with Gasteiger partial charge < -0.3 is 20.5 Å². The van der Waals surface area contributed by atoms with Crippen molar-refractivity contribution in [3.8, 4) is 16.9 Å². The minimum absolute atomic E-state index is 0.00302. The molecule has 0 aliphatic carbocycles. The van der Waals surface area contributed by atoms with Crippen molar-refractivity contribution >= 4 is 11.7 Å². The summed E-state index contributed by atoms with van der Waals surface area (Å²) in [6, 6.07) is 18.8. The summed E-state index contributed by atoms with van der Waals surface area (Å²) < 4.78 is 6.40. The summed E-state index contributed by atoms with van der Waals surface area (Å²) in [5.41, 5.74) is 8.14. The summed E-state index contributed by atoms with van der Waals surface area (Å²) in [4.78, 5) is 12.9. The van der Waals surface area contributed by atoms with Gasteiger partial charge in [0.05, 0.1) is 6.61 Å². The van der Waals surface area contributed by atoms with E-state index in [1.807, 2.05) is 39.0 Å². The molecule has 1 atom stereocenters. The summed E-state index contributed by atoms with van der Waals surface area (Å²) in [6.07, 6.45) is 0. The highest BCUT2D eigenvalue weighted by molar-refractivity contribution is 5.95. The molecule has 190 valence electrons. The van der Waals surface area contributed by atoms with Crippen LogP contribution in [0, 0.1) is 19.3 Å². The Morgan fingerprint density at radius 1 is 1.06 bits per heavy atom. The zero-order valence-electron chi connectivity index (χ0n) is 22.2. The van der Waals surface area contributed by atoms with Gasteiger partial charge in [0.2, 0.25) is 0 Å². The van der Waals surface area contributed by atoms with E-state index < -0.39 is 5.41 Å². The van der Waals surface area contributed by atoms with E-state index in [0.29, 0.717) is 19.1 Å². The lowest BCUT2D eigenvalue weighted by molar-refractivity contribution is 0.158. The second-order valence-electron chi connectivity index (χ2n) is 10.9. The van der Waals surface area contributed by atoms with Gasteiger partial charge in [0.15, 0.2) is 0 Å². The van der Waals surface area contributed by atoms with Crippen molar-refractivity contribution in [2.24, 2.45) is 5.41 Å². The van der Waals surface area contributed by atoms with E-state index in [-0.39, 0.29) is 18.6 Å². The number of aliphatic hydroxyl groups is 1. The number of fused-ring (bicyclic) bond motifs is 1. The van der Waals surface area contributed by atoms with Crippen LogP contribution in [0.4, 0.5) is 10.5 Å². The van der Waals surface area contributed by atoms with Crippen molar-refractivity contribution < 1.29 is 14.6 Å². The molecule has 5 nitrogen and oxygen atoms in total. The number of benzene rings is 3. The van der Waals surface area contributed by atoms with Crippen LogP contribution >= 0.6 is 0 Å². The molecule has 2 amide bonds. The Morgan fingerprint density at radius 2 is 1.72 bits per heavy atom. The van der Waals surface area contributed by atoms with E-state index in [1.54, 1.807) is 0 Å². The van der Waals surface area contributed by atoms with Crippen LogP contribution in [0.25, 0.3) is 11.1 Å². The first-order valence-corrected chi connectivity index (χ1v) is 12.7. The fourth-order valence-electron chi connectivity index (χ4n) is 4.88. The molecule has 0 fully saturated rings. The van der Waals surface area contributed by atoms with E-state index in [0.717, 1.165) is 39.3 Å². The number of carbonyl (C=O) groups is 1. The molecule has 36 heavy (non-hydrogen) atoms. The van der Waals surface area contributed by atoms with Crippen LogP contribution in [-0.2, 0) is 0 Å². The van der Waals surface area contributed by atoms with Crippen molar-refractivity contribution in [2.75, 3.05) is 25.1 Å². The molecule has 0 saturated carbocycles. The molecule has 1 aliphatic heterocycles. The Bertz CT molecular complexity index is 1230. The van der Waals surface area contributed by atoms with Gasteiger partial charge in [-0.25, -0.2) is 4.79 Å². The van der Waals surface area contributed by atoms with Gasteiger partial charge in [0.1, 0.15) is 5.75 Å². The first-order valence-electron chi connectivity index (χ1n) is 12.7. The molecule has 4 rings (SSSR count). The first kappa shape index (κ1) is 25.8. The third kappa shape index (κ3) is 5.12. The van der Waals surface area contributed by atoms with Crippen molar-refractivity contribution in [1.29, 1.82) is 0 Å². The summed E-state index contributed by atoms with van der Waals surface area (Å²) in [6.45, 7) is 13.3. The molecule has 0 saturated heterocycles. The van der Waals surface area contributed by atoms with Gasteiger partial charge in [0.25, 0.3) is 0 Å². The summed E-state index contributed by atoms with van der Waals surface area (Å²) in [5, 5.41) is 15.6. The number of anilines is 1. The first-order chi connectivity index (χ1) is 17.1. The van der Waals surface area contributed by atoms with Gasteiger partial charge in [-0.3, -0.25) is 0 Å². The predicted molar refractivity (Wildman–Crippen MR) is 147 cm³/mol. The van der Waals surface area contributed by atoms with Gasteiger partial charge in [-0.05, 0) is 47.6 Å². The molecule has 3 aromatic carbocycles. The number of hydrogen-bond donors (Lipinski definition) is 3. The number of aliphatic hydroxyl groups excluding tert-OH is 1. The van der Waals surface area contributed by atoms with Crippen LogP contribution < -0.4 is 15.4 Å². The molecule has 1 unspecified atom stereocenters. The van der Waals surface area contributed by atoms with Gasteiger partial charge >= 0.3 is 6.03 Å². The summed E-state index contributed by atoms with van der Waals surface area (Å²) in [7, 11) is 0. The summed E-state index contributed by atoms with van der Waals surface area (Å²) in [5.74, 6) is 1.47. The standard InChI is InChI=1S/C31H38N2O3/c1-19(2)22-12-14-23(15-13-22)25-16-36-29-26(24-10-8-7-9-11-24)20(3)28(21(4)27(25)29)33-30(35)32-17-31(5,6)18-34/h7-15,19,25,34H,16-18H2,1-6H3,(H2,32,33,35). The topological polar surface area (TPSA) is 70.6 Å². The fraction of sp³-hybridized carbons (Fsp3) is 0.387. The number of ether oxygens (including phenoxy) is 1. The van der Waals surface area contributed by atoms with Crippen LogP contribution in [-0.4, -0.2) is 30.9 Å². The van der Waals surface area contributed by atoms with Crippen LogP contribution in [0.3, 0.4) is 0 Å². The highest BCUT2D eigenvalue weighted by atomic mass is 16.5. The number of carbonyl (C=O) groups excluding carboxylic acids is 1. The summed E-state index contributed by atoms with van der Waals surface area (Å²) >= 11 is 0. The maximum Gasteiger partial charge on any atom is 0.319 e. The molecule has 0 spiro atoms. The second kappa shape index (κ2) is 10.4. The molecular formula is C31H38N2O3. The number of rotatable bonds is 7. The Morgan fingerprint density at radius 3 is 2.33 bits per heavy atom. The molecule has 0 bridgehead atoms. The van der Waals surface area contributed by atoms with Crippen molar-refractivity contribution in [3.63, 3.8) is 0 Å². The van der Waals surface area contributed by atoms with Gasteiger partial charge in [-0.1, -0.05) is 82.3 Å². The maximum absolute atomic E-state index is 12.9. The molecule has 3 aromatic rings. The molecule has 1 aliphatic rings. The van der Waals surface area contributed by atoms with Gasteiger partial charge in [-0.2, -0.15) is 0 Å². The Balaban J connectivity index is 1.79. The van der Waals surface area contributed by atoms with Crippen LogP contribution in [0.5, 0.6) is 5.75 Å². The SMILES string of the molecule is Cc1c(NC(=O)NCC(C)(C)CO)c(C)c2c(c1-c1ccccc1)OCC2c1ccc(C(C)C)cc1. The number of amides is 2. The average molecular weight is 487 g/mol. The molecule has 0 aromatic heterocycles. The van der Waals surface area contributed by atoms with Crippen molar-refractivity contribution in [1.82, 2.24) is 5.32 Å².